The minimum absolute atomic E-state index is 0.614. The van der Waals surface area contributed by atoms with Gasteiger partial charge in [-0.1, -0.05) is 80.2 Å². The molecule has 0 N–H and O–H groups in total. The summed E-state index contributed by atoms with van der Waals surface area (Å²) in [6.07, 6.45) is 0. The van der Waals surface area contributed by atoms with E-state index in [9.17, 15) is 0 Å². The van der Waals surface area contributed by atoms with Crippen LogP contribution in [0.5, 0.6) is 0 Å². The Morgan fingerprint density at radius 2 is 0.889 bits per heavy atom. The number of allylic oxidation sites excluding steroid dienone is 4. The molecular formula is C26H34Si. The van der Waals surface area contributed by atoms with Gasteiger partial charge >= 0.3 is 0 Å². The van der Waals surface area contributed by atoms with Gasteiger partial charge in [-0.25, -0.2) is 0 Å². The molecule has 0 aliphatic heterocycles. The van der Waals surface area contributed by atoms with Crippen LogP contribution in [0.4, 0.5) is 0 Å². The minimum Gasteiger partial charge on any atom is -0.0632 e. The highest BCUT2D eigenvalue weighted by Gasteiger charge is 2.29. The Hall–Kier alpha value is -1.86. The second-order valence-corrected chi connectivity index (χ2v) is 11.7. The molecule has 1 aliphatic rings. The fourth-order valence-electron chi connectivity index (χ4n) is 4.91. The van der Waals surface area contributed by atoms with E-state index in [0.29, 0.717) is 5.92 Å². The van der Waals surface area contributed by atoms with E-state index >= 15 is 0 Å². The molecule has 0 amide bonds. The summed E-state index contributed by atoms with van der Waals surface area (Å²) in [5.41, 5.74) is 11.8. The molecule has 2 aromatic rings. The van der Waals surface area contributed by atoms with E-state index in [0.717, 1.165) is 0 Å². The molecule has 0 nitrogen and oxygen atoms in total. The molecule has 0 aromatic heterocycles. The van der Waals surface area contributed by atoms with Gasteiger partial charge in [0.15, 0.2) is 0 Å². The molecule has 0 bridgehead atoms. The molecule has 0 unspecified atom stereocenters. The lowest BCUT2D eigenvalue weighted by atomic mass is 9.99. The zero-order chi connectivity index (χ0) is 19.9. The van der Waals surface area contributed by atoms with E-state index in [1.54, 1.807) is 21.5 Å². The van der Waals surface area contributed by atoms with Crippen LogP contribution in [-0.2, 0) is 0 Å². The Kier molecular flexibility index (Phi) is 5.62. The summed E-state index contributed by atoms with van der Waals surface area (Å²) in [6, 6.07) is 15.7. The molecule has 0 saturated heterocycles. The Morgan fingerprint density at radius 3 is 1.22 bits per heavy atom. The standard InChI is InChI=1S/C26H34Si/c1-16-9-17(2)12-24(11-16)27(25-13-18(3)10-19(4)14-25)15-26-22(7)20(5)21(6)23(26)8/h9-14,26-27H,15H2,1-8H3. The van der Waals surface area contributed by atoms with Crippen LogP contribution in [0, 0.1) is 33.6 Å². The maximum absolute atomic E-state index is 2.45. The summed E-state index contributed by atoms with van der Waals surface area (Å²) in [4.78, 5) is 0. The van der Waals surface area contributed by atoms with Gasteiger partial charge in [0.25, 0.3) is 0 Å². The predicted molar refractivity (Wildman–Crippen MR) is 123 cm³/mol. The summed E-state index contributed by atoms with van der Waals surface area (Å²) in [5.74, 6) is 0.614. The number of aryl methyl sites for hydroxylation is 4. The third-order valence-corrected chi connectivity index (χ3v) is 9.77. The monoisotopic (exact) mass is 374 g/mol. The molecule has 0 saturated carbocycles. The third-order valence-electron chi connectivity index (χ3n) is 6.56. The zero-order valence-corrected chi connectivity index (χ0v) is 19.5. The first-order chi connectivity index (χ1) is 12.7. The molecule has 1 aliphatic carbocycles. The first-order valence-electron chi connectivity index (χ1n) is 10.2. The number of hydrogen-bond acceptors (Lipinski definition) is 0. The van der Waals surface area contributed by atoms with Crippen LogP contribution in [0.3, 0.4) is 0 Å². The summed E-state index contributed by atoms with van der Waals surface area (Å²) in [7, 11) is -1.32. The van der Waals surface area contributed by atoms with Crippen molar-refractivity contribution in [2.75, 3.05) is 0 Å². The number of rotatable bonds is 4. The Bertz CT molecular complexity index is 827. The first kappa shape index (κ1) is 19.9. The second-order valence-electron chi connectivity index (χ2n) is 8.80. The van der Waals surface area contributed by atoms with Crippen molar-refractivity contribution < 1.29 is 0 Å². The quantitative estimate of drug-likeness (QED) is 0.614. The van der Waals surface area contributed by atoms with Crippen molar-refractivity contribution in [1.82, 2.24) is 0 Å². The molecule has 0 spiro atoms. The van der Waals surface area contributed by atoms with E-state index in [1.807, 2.05) is 0 Å². The largest absolute Gasteiger partial charge is 0.104 e. The van der Waals surface area contributed by atoms with Gasteiger partial charge in [0.05, 0.1) is 0 Å². The van der Waals surface area contributed by atoms with Crippen molar-refractivity contribution in [2.45, 2.75) is 61.4 Å². The maximum Gasteiger partial charge on any atom is 0.104 e. The van der Waals surface area contributed by atoms with E-state index in [4.69, 9.17) is 0 Å². The van der Waals surface area contributed by atoms with Crippen LogP contribution in [0.15, 0.2) is 58.7 Å². The lowest BCUT2D eigenvalue weighted by Gasteiger charge is -2.24. The molecule has 0 atom stereocenters. The molecule has 0 heterocycles. The normalized spacial score (nSPS) is 15.4. The average Bonchev–Trinajstić information content (AvgIpc) is 2.75. The van der Waals surface area contributed by atoms with Crippen LogP contribution in [0.25, 0.3) is 0 Å². The second kappa shape index (κ2) is 7.64. The van der Waals surface area contributed by atoms with Gasteiger partial charge in [0.1, 0.15) is 8.80 Å². The lowest BCUT2D eigenvalue weighted by Crippen LogP contribution is -2.44. The Balaban J connectivity index is 2.11. The number of hydrogen-bond donors (Lipinski definition) is 0. The van der Waals surface area contributed by atoms with Crippen molar-refractivity contribution >= 4 is 19.2 Å². The molecular weight excluding hydrogens is 340 g/mol. The SMILES string of the molecule is CC1=C(C)C(C[SiH](c2cc(C)cc(C)c2)c2cc(C)cc(C)c2)C(C)=C1C. The van der Waals surface area contributed by atoms with Gasteiger partial charge in [0.2, 0.25) is 0 Å². The molecule has 2 aromatic carbocycles. The van der Waals surface area contributed by atoms with Crippen molar-refractivity contribution in [3.05, 3.63) is 80.9 Å². The fourth-order valence-corrected chi connectivity index (χ4v) is 8.88. The fraction of sp³-hybridized carbons (Fsp3) is 0.385. The molecule has 3 rings (SSSR count). The summed E-state index contributed by atoms with van der Waals surface area (Å²) >= 11 is 0. The van der Waals surface area contributed by atoms with Gasteiger partial charge < -0.3 is 0 Å². The van der Waals surface area contributed by atoms with E-state index < -0.39 is 8.80 Å². The van der Waals surface area contributed by atoms with E-state index in [1.165, 1.54) is 39.4 Å². The van der Waals surface area contributed by atoms with Crippen molar-refractivity contribution in [1.29, 1.82) is 0 Å². The highest BCUT2D eigenvalue weighted by atomic mass is 28.3. The van der Waals surface area contributed by atoms with Gasteiger partial charge in [-0.3, -0.25) is 0 Å². The first-order valence-corrected chi connectivity index (χ1v) is 12.2. The van der Waals surface area contributed by atoms with E-state index in [-0.39, 0.29) is 0 Å². The molecule has 1 heteroatoms. The van der Waals surface area contributed by atoms with Gasteiger partial charge in [0, 0.05) is 0 Å². The molecule has 142 valence electrons. The lowest BCUT2D eigenvalue weighted by molar-refractivity contribution is 0.806. The van der Waals surface area contributed by atoms with Gasteiger partial charge in [-0.05, 0) is 78.5 Å². The zero-order valence-electron chi connectivity index (χ0n) is 18.3. The third kappa shape index (κ3) is 4.04. The van der Waals surface area contributed by atoms with Crippen LogP contribution < -0.4 is 10.4 Å². The smallest absolute Gasteiger partial charge is 0.0632 e. The van der Waals surface area contributed by atoms with Crippen molar-refractivity contribution in [3.8, 4) is 0 Å². The summed E-state index contributed by atoms with van der Waals surface area (Å²) in [5, 5.41) is 3.20. The highest BCUT2D eigenvalue weighted by molar-refractivity contribution is 6.85. The number of benzene rings is 2. The molecule has 0 radical (unpaired) electrons. The van der Waals surface area contributed by atoms with Gasteiger partial charge in [-0.2, -0.15) is 0 Å². The van der Waals surface area contributed by atoms with Crippen LogP contribution in [-0.4, -0.2) is 8.80 Å². The van der Waals surface area contributed by atoms with E-state index in [2.05, 4.69) is 91.8 Å². The molecule has 0 fully saturated rings. The highest BCUT2D eigenvalue weighted by Crippen LogP contribution is 2.39. The maximum atomic E-state index is 2.45. The predicted octanol–water partition coefficient (Wildman–Crippen LogP) is 5.56. The average molecular weight is 375 g/mol. The van der Waals surface area contributed by atoms with Crippen LogP contribution in [0.1, 0.15) is 49.9 Å². The van der Waals surface area contributed by atoms with Crippen LogP contribution >= 0.6 is 0 Å². The van der Waals surface area contributed by atoms with Crippen molar-refractivity contribution in [2.24, 2.45) is 5.92 Å². The minimum atomic E-state index is -1.32. The topological polar surface area (TPSA) is 0 Å². The Labute approximate surface area is 167 Å². The summed E-state index contributed by atoms with van der Waals surface area (Å²) < 4.78 is 0. The van der Waals surface area contributed by atoms with Crippen LogP contribution in [0.2, 0.25) is 6.04 Å². The van der Waals surface area contributed by atoms with Crippen molar-refractivity contribution in [3.63, 3.8) is 0 Å². The Morgan fingerprint density at radius 1 is 0.556 bits per heavy atom. The summed E-state index contributed by atoms with van der Waals surface area (Å²) in [6.45, 7) is 18.3. The van der Waals surface area contributed by atoms with Gasteiger partial charge in [-0.15, -0.1) is 0 Å². The molecule has 27 heavy (non-hydrogen) atoms.